The fourth-order valence-electron chi connectivity index (χ4n) is 3.39. The number of carbonyl (C=O) groups is 2. The van der Waals surface area contributed by atoms with Gasteiger partial charge in [0.1, 0.15) is 0 Å². The summed E-state index contributed by atoms with van der Waals surface area (Å²) in [6.07, 6.45) is 0. The number of phenols is 1. The molecule has 0 aliphatic rings. The van der Waals surface area contributed by atoms with Gasteiger partial charge in [0.25, 0.3) is 0 Å². The number of nitrogens with two attached hydrogens (primary N) is 1. The number of phenolic OH excluding ortho intramolecular Hbond substituents is 1. The van der Waals surface area contributed by atoms with E-state index in [9.17, 15) is 18.4 Å². The van der Waals surface area contributed by atoms with Gasteiger partial charge in [-0.25, -0.2) is 9.78 Å². The quantitative estimate of drug-likeness (QED) is 0.125. The third-order valence-electron chi connectivity index (χ3n) is 5.22. The summed E-state index contributed by atoms with van der Waals surface area (Å²) in [6, 6.07) is 18.7. The minimum absolute atomic E-state index is 0.285. The Hall–Kier alpha value is -3.93. The molecule has 13 heteroatoms. The van der Waals surface area contributed by atoms with E-state index in [1.54, 1.807) is 19.1 Å². The molecular weight excluding hydrogens is 599 g/mol. The second kappa shape index (κ2) is 13.9. The number of ether oxygens (including phenoxy) is 1. The van der Waals surface area contributed by atoms with Crippen molar-refractivity contribution in [2.45, 2.75) is 20.4 Å². The van der Waals surface area contributed by atoms with Gasteiger partial charge in [0.05, 0.1) is 17.9 Å². The van der Waals surface area contributed by atoms with Gasteiger partial charge in [0.15, 0.2) is 5.13 Å². The maximum absolute atomic E-state index is 11.8. The molecule has 210 valence electrons. The molecule has 1 amide bonds. The second-order valence-electron chi connectivity index (χ2n) is 8.29. The molecular formula is C27H29AsN4O7S. The van der Waals surface area contributed by atoms with E-state index in [0.29, 0.717) is 18.7 Å². The van der Waals surface area contributed by atoms with E-state index in [2.05, 4.69) is 15.6 Å². The average Bonchev–Trinajstić information content (AvgIpc) is 3.37. The monoisotopic (exact) mass is 628 g/mol. The van der Waals surface area contributed by atoms with Gasteiger partial charge in [-0.15, -0.1) is 11.3 Å². The summed E-state index contributed by atoms with van der Waals surface area (Å²) in [5.41, 5.74) is 10.3. The van der Waals surface area contributed by atoms with Gasteiger partial charge >= 0.3 is 94.1 Å². The minimum Gasteiger partial charge on any atom is -0.462 e. The first kappa shape index (κ1) is 30.6. The molecule has 40 heavy (non-hydrogen) atoms. The zero-order valence-electron chi connectivity index (χ0n) is 21.7. The summed E-state index contributed by atoms with van der Waals surface area (Å²) >= 11 is -3.58. The molecule has 0 aliphatic carbocycles. The van der Waals surface area contributed by atoms with Crippen LogP contribution in [0.5, 0.6) is 5.75 Å². The number of aromatic hydroxyl groups is 1. The molecule has 0 saturated carbocycles. The number of anilines is 3. The predicted octanol–water partition coefficient (Wildman–Crippen LogP) is 3.10. The maximum Gasteiger partial charge on any atom is 0.338 e. The minimum atomic E-state index is -5.09. The molecule has 0 fully saturated rings. The van der Waals surface area contributed by atoms with E-state index in [1.807, 2.05) is 41.8 Å². The van der Waals surface area contributed by atoms with Crippen LogP contribution in [0.25, 0.3) is 11.3 Å². The Balaban J connectivity index is 0.000000252. The maximum atomic E-state index is 11.8. The number of rotatable bonds is 8. The zero-order chi connectivity index (χ0) is 29.3. The number of amides is 1. The predicted molar refractivity (Wildman–Crippen MR) is 154 cm³/mol. The standard InChI is InChI=1S/C19H19N3O2S.C8H10AsNO5/c1-2-24-18(23)15-4-3-5-16(10-15)21-19-22-17(12-25-19)14-8-6-13(11-20)7-9-14;1-5(11)10-6-2-3-7(8(12)4-6)9(13,14)15/h3-10,12H,2,11,20H2,1H3,(H,21,22);2-4,12H,1H3,(H,10,11)(H2,13,14,15). The fraction of sp³-hybridized carbons (Fsp3) is 0.148. The van der Waals surface area contributed by atoms with Gasteiger partial charge in [-0.2, -0.15) is 0 Å². The molecule has 0 spiro atoms. The molecule has 0 unspecified atom stereocenters. The topological polar surface area (TPSA) is 184 Å². The fourth-order valence-corrected chi connectivity index (χ4v) is 5.45. The van der Waals surface area contributed by atoms with Crippen molar-refractivity contribution in [3.05, 3.63) is 83.2 Å². The van der Waals surface area contributed by atoms with Crippen molar-refractivity contribution >= 4 is 58.2 Å². The van der Waals surface area contributed by atoms with Crippen LogP contribution in [0.15, 0.2) is 72.1 Å². The Kier molecular flexibility index (Phi) is 10.7. The summed E-state index contributed by atoms with van der Waals surface area (Å²) in [4.78, 5) is 27.1. The van der Waals surface area contributed by atoms with Crippen molar-refractivity contribution in [1.82, 2.24) is 4.98 Å². The molecule has 4 aromatic rings. The number of aromatic nitrogens is 1. The van der Waals surface area contributed by atoms with Gasteiger partial charge in [-0.1, -0.05) is 30.3 Å². The van der Waals surface area contributed by atoms with Crippen LogP contribution >= 0.6 is 11.3 Å². The molecule has 0 atom stereocenters. The molecule has 11 nitrogen and oxygen atoms in total. The van der Waals surface area contributed by atoms with E-state index < -0.39 is 24.3 Å². The Morgan fingerprint density at radius 1 is 1.05 bits per heavy atom. The third-order valence-corrected chi connectivity index (χ3v) is 8.09. The van der Waals surface area contributed by atoms with Crippen molar-refractivity contribution in [3.63, 3.8) is 0 Å². The van der Waals surface area contributed by atoms with Crippen LogP contribution in [0.1, 0.15) is 29.8 Å². The Morgan fingerprint density at radius 3 is 2.38 bits per heavy atom. The van der Waals surface area contributed by atoms with E-state index >= 15 is 0 Å². The van der Waals surface area contributed by atoms with Crippen LogP contribution in [0.2, 0.25) is 0 Å². The molecule has 7 N–H and O–H groups in total. The second-order valence-corrected chi connectivity index (χ2v) is 12.4. The normalized spacial score (nSPS) is 10.7. The molecule has 0 radical (unpaired) electrons. The van der Waals surface area contributed by atoms with Crippen LogP contribution < -0.4 is 20.7 Å². The SMILES string of the molecule is CC(=O)Nc1ccc([As](=O)(O)O)c(O)c1.CCOC(=O)c1cccc(Nc2nc(-c3ccc(CN)cc3)cs2)c1. The number of esters is 1. The molecule has 3 aromatic carbocycles. The third kappa shape index (κ3) is 8.80. The number of benzene rings is 3. The number of nitrogens with one attached hydrogen (secondary N) is 2. The number of thiazole rings is 1. The van der Waals surface area contributed by atoms with Crippen LogP contribution in [0.3, 0.4) is 0 Å². The van der Waals surface area contributed by atoms with Crippen LogP contribution in [-0.4, -0.2) is 50.9 Å². The Bertz CT molecular complexity index is 1520. The van der Waals surface area contributed by atoms with Gasteiger partial charge < -0.3 is 15.8 Å². The summed E-state index contributed by atoms with van der Waals surface area (Å²) < 4.78 is 33.3. The summed E-state index contributed by atoms with van der Waals surface area (Å²) in [6.45, 7) is 3.96. The Labute approximate surface area is 237 Å². The van der Waals surface area contributed by atoms with Crippen LogP contribution in [-0.2, 0) is 19.8 Å². The van der Waals surface area contributed by atoms with Crippen molar-refractivity contribution in [3.8, 4) is 17.0 Å². The first-order valence-electron chi connectivity index (χ1n) is 12.0. The molecule has 1 aromatic heterocycles. The molecule has 0 aliphatic heterocycles. The molecule has 0 bridgehead atoms. The van der Waals surface area contributed by atoms with E-state index in [0.717, 1.165) is 39.8 Å². The van der Waals surface area contributed by atoms with E-state index in [4.69, 9.17) is 18.7 Å². The summed E-state index contributed by atoms with van der Waals surface area (Å²) in [5, 5.41) is 17.7. The summed E-state index contributed by atoms with van der Waals surface area (Å²) in [7, 11) is 0. The van der Waals surface area contributed by atoms with Gasteiger partial charge in [0.2, 0.25) is 0 Å². The van der Waals surface area contributed by atoms with Crippen LogP contribution in [0, 0.1) is 0 Å². The van der Waals surface area contributed by atoms with Crippen LogP contribution in [0.4, 0.5) is 16.5 Å². The largest absolute Gasteiger partial charge is 0.462 e. The van der Waals surface area contributed by atoms with E-state index in [1.165, 1.54) is 24.3 Å². The smallest absolute Gasteiger partial charge is 0.338 e. The van der Waals surface area contributed by atoms with Gasteiger partial charge in [0, 0.05) is 23.2 Å². The Morgan fingerprint density at radius 2 is 1.77 bits per heavy atom. The average molecular weight is 629 g/mol. The molecule has 4 rings (SSSR count). The number of hydrogen-bond acceptors (Lipinski definition) is 9. The molecule has 0 saturated heterocycles. The number of carbonyl (C=O) groups excluding carboxylic acids is 2. The van der Waals surface area contributed by atoms with Crippen molar-refractivity contribution < 1.29 is 31.4 Å². The number of nitrogens with zero attached hydrogens (tertiary/aromatic N) is 1. The van der Waals surface area contributed by atoms with Gasteiger partial charge in [-0.3, -0.25) is 0 Å². The van der Waals surface area contributed by atoms with Gasteiger partial charge in [-0.05, 0) is 30.7 Å². The van der Waals surface area contributed by atoms with E-state index in [-0.39, 0.29) is 17.6 Å². The summed E-state index contributed by atoms with van der Waals surface area (Å²) in [5.74, 6) is -1.18. The first-order valence-corrected chi connectivity index (χ1v) is 16.2. The van der Waals surface area contributed by atoms with Crippen molar-refractivity contribution in [1.29, 1.82) is 0 Å². The molecule has 1 heterocycles. The van der Waals surface area contributed by atoms with Crippen molar-refractivity contribution in [2.24, 2.45) is 5.73 Å². The first-order chi connectivity index (χ1) is 19.0. The zero-order valence-corrected chi connectivity index (χ0v) is 24.4. The van der Waals surface area contributed by atoms with Crippen molar-refractivity contribution in [2.75, 3.05) is 17.2 Å². The number of hydrogen-bond donors (Lipinski definition) is 6.